The molecule has 80 valence electrons. The Labute approximate surface area is 82.0 Å². The van der Waals surface area contributed by atoms with Crippen molar-refractivity contribution in [3.63, 3.8) is 0 Å². The Balaban J connectivity index is 4.41. The Morgan fingerprint density at radius 1 is 1.50 bits per heavy atom. The van der Waals surface area contributed by atoms with Crippen molar-refractivity contribution in [3.05, 3.63) is 11.6 Å². The molecule has 0 aromatic rings. The molecule has 0 fully saturated rings. The average molecular weight is 202 g/mol. The van der Waals surface area contributed by atoms with Crippen LogP contribution in [0.4, 0.5) is 0 Å². The number of hydrogen-bond acceptors (Lipinski definition) is 4. The summed E-state index contributed by atoms with van der Waals surface area (Å²) in [4.78, 5) is 21.4. The van der Waals surface area contributed by atoms with Crippen LogP contribution >= 0.6 is 0 Å². The van der Waals surface area contributed by atoms with E-state index >= 15 is 0 Å². The lowest BCUT2D eigenvalue weighted by atomic mass is 10.1. The molecule has 0 spiro atoms. The van der Waals surface area contributed by atoms with Crippen LogP contribution in [0.25, 0.3) is 0 Å². The van der Waals surface area contributed by atoms with Gasteiger partial charge in [-0.05, 0) is 19.8 Å². The summed E-state index contributed by atoms with van der Waals surface area (Å²) in [5.74, 6) is -1.87. The summed E-state index contributed by atoms with van der Waals surface area (Å²) < 4.78 is 4.39. The van der Waals surface area contributed by atoms with Crippen LogP contribution in [0.1, 0.15) is 19.8 Å². The average Bonchev–Trinajstić information content (AvgIpc) is 2.10. The standard InChI is InChI=1S/C9H14O5/c1-6(10)3-4-7(5-8(11)12)9(13)14-2/h5-6,10H,3-4H2,1-2H3,(H,11,12). The van der Waals surface area contributed by atoms with Gasteiger partial charge in [-0.2, -0.15) is 0 Å². The molecule has 1 atom stereocenters. The van der Waals surface area contributed by atoms with Crippen molar-refractivity contribution in [3.8, 4) is 0 Å². The molecule has 5 heteroatoms. The van der Waals surface area contributed by atoms with Crippen LogP contribution in [0.2, 0.25) is 0 Å². The summed E-state index contributed by atoms with van der Waals surface area (Å²) in [5, 5.41) is 17.4. The minimum absolute atomic E-state index is 0.0564. The highest BCUT2D eigenvalue weighted by Crippen LogP contribution is 2.09. The van der Waals surface area contributed by atoms with Crippen molar-refractivity contribution in [2.45, 2.75) is 25.9 Å². The van der Waals surface area contributed by atoms with Crippen LogP contribution in [0.3, 0.4) is 0 Å². The molecule has 0 amide bonds. The highest BCUT2D eigenvalue weighted by atomic mass is 16.5. The van der Waals surface area contributed by atoms with Gasteiger partial charge in [0.2, 0.25) is 0 Å². The number of carboxylic acids is 1. The third-order valence-electron chi connectivity index (χ3n) is 1.58. The van der Waals surface area contributed by atoms with E-state index < -0.39 is 18.0 Å². The fourth-order valence-corrected chi connectivity index (χ4v) is 0.878. The van der Waals surface area contributed by atoms with Gasteiger partial charge in [-0.3, -0.25) is 0 Å². The lowest BCUT2D eigenvalue weighted by Gasteiger charge is -2.05. The van der Waals surface area contributed by atoms with E-state index in [4.69, 9.17) is 10.2 Å². The van der Waals surface area contributed by atoms with E-state index in [9.17, 15) is 9.59 Å². The maximum atomic E-state index is 11.0. The maximum absolute atomic E-state index is 11.0. The van der Waals surface area contributed by atoms with Gasteiger partial charge in [-0.25, -0.2) is 9.59 Å². The van der Waals surface area contributed by atoms with E-state index in [1.54, 1.807) is 6.92 Å². The normalized spacial score (nSPS) is 13.5. The van der Waals surface area contributed by atoms with Crippen LogP contribution in [-0.2, 0) is 14.3 Å². The SMILES string of the molecule is COC(=O)C(=CC(=O)O)CCC(C)O. The third-order valence-corrected chi connectivity index (χ3v) is 1.58. The fraction of sp³-hybridized carbons (Fsp3) is 0.556. The maximum Gasteiger partial charge on any atom is 0.333 e. The number of carbonyl (C=O) groups is 2. The molecule has 0 rings (SSSR count). The molecule has 2 N–H and O–H groups in total. The van der Waals surface area contributed by atoms with E-state index in [1.165, 1.54) is 7.11 Å². The van der Waals surface area contributed by atoms with Crippen molar-refractivity contribution < 1.29 is 24.5 Å². The van der Waals surface area contributed by atoms with Crippen LogP contribution < -0.4 is 0 Å². The zero-order valence-corrected chi connectivity index (χ0v) is 8.19. The lowest BCUT2D eigenvalue weighted by Crippen LogP contribution is -2.10. The molecule has 0 aliphatic heterocycles. The number of esters is 1. The van der Waals surface area contributed by atoms with Crippen molar-refractivity contribution in [2.24, 2.45) is 0 Å². The van der Waals surface area contributed by atoms with Crippen molar-refractivity contribution in [2.75, 3.05) is 7.11 Å². The molecule has 0 aliphatic carbocycles. The van der Waals surface area contributed by atoms with Crippen molar-refractivity contribution in [1.82, 2.24) is 0 Å². The van der Waals surface area contributed by atoms with E-state index in [2.05, 4.69) is 4.74 Å². The fourth-order valence-electron chi connectivity index (χ4n) is 0.878. The van der Waals surface area contributed by atoms with Gasteiger partial charge in [0.15, 0.2) is 0 Å². The Bertz CT molecular complexity index is 242. The first-order valence-electron chi connectivity index (χ1n) is 4.17. The summed E-state index contributed by atoms with van der Waals surface area (Å²) in [6.45, 7) is 1.57. The Morgan fingerprint density at radius 3 is 2.43 bits per heavy atom. The molecule has 0 heterocycles. The number of aliphatic hydroxyl groups excluding tert-OH is 1. The molecule has 0 aromatic carbocycles. The second-order valence-corrected chi connectivity index (χ2v) is 2.89. The van der Waals surface area contributed by atoms with E-state index in [0.29, 0.717) is 6.42 Å². The first-order valence-corrected chi connectivity index (χ1v) is 4.17. The number of carboxylic acid groups (broad SMARTS) is 1. The largest absolute Gasteiger partial charge is 0.478 e. The Morgan fingerprint density at radius 2 is 2.07 bits per heavy atom. The number of rotatable bonds is 5. The molecule has 0 saturated carbocycles. The first-order chi connectivity index (χ1) is 6.47. The molecule has 0 saturated heterocycles. The van der Waals surface area contributed by atoms with E-state index in [1.807, 2.05) is 0 Å². The number of hydrogen-bond donors (Lipinski definition) is 2. The molecule has 0 bridgehead atoms. The zero-order valence-electron chi connectivity index (χ0n) is 8.19. The summed E-state index contributed by atoms with van der Waals surface area (Å²) in [7, 11) is 1.18. The molecule has 5 nitrogen and oxygen atoms in total. The lowest BCUT2D eigenvalue weighted by molar-refractivity contribution is -0.137. The molecule has 14 heavy (non-hydrogen) atoms. The van der Waals surface area contributed by atoms with Crippen LogP contribution in [0.15, 0.2) is 11.6 Å². The summed E-state index contributed by atoms with van der Waals surface area (Å²) in [5.41, 5.74) is 0.0564. The second kappa shape index (κ2) is 6.15. The smallest absolute Gasteiger partial charge is 0.333 e. The van der Waals surface area contributed by atoms with Gasteiger partial charge in [0.25, 0.3) is 0 Å². The Hall–Kier alpha value is -1.36. The highest BCUT2D eigenvalue weighted by molar-refractivity contribution is 5.95. The molecule has 1 unspecified atom stereocenters. The topological polar surface area (TPSA) is 83.8 Å². The highest BCUT2D eigenvalue weighted by Gasteiger charge is 2.12. The number of ether oxygens (including phenoxy) is 1. The predicted octanol–water partition coefficient (Wildman–Crippen LogP) is 0.331. The second-order valence-electron chi connectivity index (χ2n) is 2.89. The quantitative estimate of drug-likeness (QED) is 0.496. The van der Waals surface area contributed by atoms with E-state index in [0.717, 1.165) is 6.08 Å². The van der Waals surface area contributed by atoms with Gasteiger partial charge < -0.3 is 14.9 Å². The minimum Gasteiger partial charge on any atom is -0.478 e. The van der Waals surface area contributed by atoms with Crippen LogP contribution in [0.5, 0.6) is 0 Å². The monoisotopic (exact) mass is 202 g/mol. The number of carbonyl (C=O) groups excluding carboxylic acids is 1. The van der Waals surface area contributed by atoms with Gasteiger partial charge in [-0.1, -0.05) is 0 Å². The van der Waals surface area contributed by atoms with Crippen LogP contribution in [0, 0.1) is 0 Å². The van der Waals surface area contributed by atoms with E-state index in [-0.39, 0.29) is 12.0 Å². The van der Waals surface area contributed by atoms with Gasteiger partial charge in [0.05, 0.1) is 13.2 Å². The number of aliphatic hydroxyl groups is 1. The van der Waals surface area contributed by atoms with Crippen molar-refractivity contribution in [1.29, 1.82) is 0 Å². The zero-order chi connectivity index (χ0) is 11.1. The summed E-state index contributed by atoms with van der Waals surface area (Å²) in [6.07, 6.45) is 0.746. The Kier molecular flexibility index (Phi) is 5.55. The van der Waals surface area contributed by atoms with Gasteiger partial charge in [0, 0.05) is 11.6 Å². The molecular formula is C9H14O5. The molecule has 0 radical (unpaired) electrons. The van der Waals surface area contributed by atoms with Gasteiger partial charge in [-0.15, -0.1) is 0 Å². The van der Waals surface area contributed by atoms with Crippen molar-refractivity contribution >= 4 is 11.9 Å². The molecule has 0 aliphatic rings. The van der Waals surface area contributed by atoms with Crippen LogP contribution in [-0.4, -0.2) is 35.4 Å². The third kappa shape index (κ3) is 5.31. The minimum atomic E-state index is -1.20. The summed E-state index contributed by atoms with van der Waals surface area (Å²) in [6, 6.07) is 0. The predicted molar refractivity (Wildman–Crippen MR) is 48.6 cm³/mol. The summed E-state index contributed by atoms with van der Waals surface area (Å²) >= 11 is 0. The number of aliphatic carboxylic acids is 1. The van der Waals surface area contributed by atoms with Gasteiger partial charge >= 0.3 is 11.9 Å². The molecular weight excluding hydrogens is 188 g/mol. The number of methoxy groups -OCH3 is 1. The molecule has 0 aromatic heterocycles. The first kappa shape index (κ1) is 12.6. The van der Waals surface area contributed by atoms with Gasteiger partial charge in [0.1, 0.15) is 0 Å².